The van der Waals surface area contributed by atoms with Crippen LogP contribution in [0.5, 0.6) is 0 Å². The zero-order chi connectivity index (χ0) is 14.4. The number of carbonyl (C=O) groups is 1. The molecule has 1 aromatic carbocycles. The van der Waals surface area contributed by atoms with Crippen molar-refractivity contribution in [3.63, 3.8) is 0 Å². The number of amides is 1. The molecule has 2 rings (SSSR count). The topological polar surface area (TPSA) is 55.1 Å². The standard InChI is InChI=1S/C17H26N2O/c1-2-13-8-10-15(11-9-13)17(20)19-12-16(18)14-6-4-3-5-7-14/h3-7,13,15-16H,2,8-12,18H2,1H3,(H,19,20). The number of hydrogen-bond acceptors (Lipinski definition) is 2. The van der Waals surface area contributed by atoms with Crippen molar-refractivity contribution in [2.24, 2.45) is 17.6 Å². The fourth-order valence-corrected chi connectivity index (χ4v) is 3.01. The van der Waals surface area contributed by atoms with Crippen molar-refractivity contribution in [1.82, 2.24) is 5.32 Å². The second kappa shape index (κ2) is 7.44. The van der Waals surface area contributed by atoms with E-state index in [-0.39, 0.29) is 17.9 Å². The first-order valence-electron chi connectivity index (χ1n) is 7.79. The maximum Gasteiger partial charge on any atom is 0.223 e. The van der Waals surface area contributed by atoms with Gasteiger partial charge in [-0.3, -0.25) is 4.79 Å². The first kappa shape index (κ1) is 15.0. The Labute approximate surface area is 121 Å². The van der Waals surface area contributed by atoms with Crippen LogP contribution in [0.1, 0.15) is 50.6 Å². The Morgan fingerprint density at radius 2 is 1.90 bits per heavy atom. The highest BCUT2D eigenvalue weighted by Crippen LogP contribution is 2.30. The molecule has 3 N–H and O–H groups in total. The normalized spacial score (nSPS) is 24.1. The van der Waals surface area contributed by atoms with Gasteiger partial charge in [0, 0.05) is 18.5 Å². The van der Waals surface area contributed by atoms with Gasteiger partial charge >= 0.3 is 0 Å². The summed E-state index contributed by atoms with van der Waals surface area (Å²) in [6.45, 7) is 2.76. The van der Waals surface area contributed by atoms with E-state index in [0.717, 1.165) is 24.3 Å². The molecule has 3 heteroatoms. The Morgan fingerprint density at radius 3 is 2.50 bits per heavy atom. The predicted molar refractivity (Wildman–Crippen MR) is 82.1 cm³/mol. The molecular formula is C17H26N2O. The molecule has 110 valence electrons. The first-order chi connectivity index (χ1) is 9.70. The highest BCUT2D eigenvalue weighted by molar-refractivity contribution is 5.78. The van der Waals surface area contributed by atoms with Crippen LogP contribution >= 0.6 is 0 Å². The second-order valence-electron chi connectivity index (χ2n) is 5.89. The van der Waals surface area contributed by atoms with Crippen LogP contribution in [0.3, 0.4) is 0 Å². The molecule has 1 saturated carbocycles. The van der Waals surface area contributed by atoms with E-state index in [2.05, 4.69) is 12.2 Å². The van der Waals surface area contributed by atoms with Gasteiger partial charge in [-0.25, -0.2) is 0 Å². The highest BCUT2D eigenvalue weighted by atomic mass is 16.1. The molecule has 0 bridgehead atoms. The lowest BCUT2D eigenvalue weighted by Crippen LogP contribution is -2.37. The van der Waals surface area contributed by atoms with Crippen LogP contribution in [0.15, 0.2) is 30.3 Å². The van der Waals surface area contributed by atoms with Crippen molar-refractivity contribution in [2.75, 3.05) is 6.54 Å². The summed E-state index contributed by atoms with van der Waals surface area (Å²) in [4.78, 5) is 12.2. The zero-order valence-electron chi connectivity index (χ0n) is 12.3. The van der Waals surface area contributed by atoms with Gasteiger partial charge in [-0.2, -0.15) is 0 Å². The minimum atomic E-state index is -0.118. The molecule has 0 spiro atoms. The summed E-state index contributed by atoms with van der Waals surface area (Å²) in [5, 5.41) is 3.02. The summed E-state index contributed by atoms with van der Waals surface area (Å²) in [7, 11) is 0. The second-order valence-corrected chi connectivity index (χ2v) is 5.89. The van der Waals surface area contributed by atoms with Gasteiger partial charge in [0.2, 0.25) is 5.91 Å². The Morgan fingerprint density at radius 1 is 1.25 bits per heavy atom. The minimum Gasteiger partial charge on any atom is -0.354 e. The number of rotatable bonds is 5. The molecule has 1 unspecified atom stereocenters. The van der Waals surface area contributed by atoms with Gasteiger partial charge in [-0.05, 0) is 37.2 Å². The van der Waals surface area contributed by atoms with Crippen LogP contribution in [0.2, 0.25) is 0 Å². The maximum atomic E-state index is 12.2. The zero-order valence-corrected chi connectivity index (χ0v) is 12.3. The molecule has 0 radical (unpaired) electrons. The number of carbonyl (C=O) groups excluding carboxylic acids is 1. The van der Waals surface area contributed by atoms with Crippen molar-refractivity contribution in [1.29, 1.82) is 0 Å². The third kappa shape index (κ3) is 4.07. The lowest BCUT2D eigenvalue weighted by molar-refractivity contribution is -0.126. The van der Waals surface area contributed by atoms with E-state index in [1.54, 1.807) is 0 Å². The molecular weight excluding hydrogens is 248 g/mol. The molecule has 0 heterocycles. The van der Waals surface area contributed by atoms with Crippen molar-refractivity contribution in [3.8, 4) is 0 Å². The average Bonchev–Trinajstić information content (AvgIpc) is 2.53. The van der Waals surface area contributed by atoms with Gasteiger partial charge in [0.25, 0.3) is 0 Å². The Balaban J connectivity index is 1.75. The van der Waals surface area contributed by atoms with Crippen molar-refractivity contribution in [2.45, 2.75) is 45.1 Å². The van der Waals surface area contributed by atoms with Gasteiger partial charge in [0.15, 0.2) is 0 Å². The van der Waals surface area contributed by atoms with Crippen molar-refractivity contribution in [3.05, 3.63) is 35.9 Å². The number of hydrogen-bond donors (Lipinski definition) is 2. The van der Waals surface area contributed by atoms with Crippen LogP contribution in [0.4, 0.5) is 0 Å². The molecule has 1 aliphatic carbocycles. The molecule has 20 heavy (non-hydrogen) atoms. The van der Waals surface area contributed by atoms with E-state index in [9.17, 15) is 4.79 Å². The van der Waals surface area contributed by atoms with Crippen LogP contribution in [0.25, 0.3) is 0 Å². The van der Waals surface area contributed by atoms with Crippen LogP contribution in [-0.2, 0) is 4.79 Å². The summed E-state index contributed by atoms with van der Waals surface area (Å²) in [5.41, 5.74) is 7.17. The lowest BCUT2D eigenvalue weighted by Gasteiger charge is -2.27. The molecule has 1 aromatic rings. The molecule has 1 amide bonds. The van der Waals surface area contributed by atoms with Crippen LogP contribution in [-0.4, -0.2) is 12.5 Å². The Bertz CT molecular complexity index is 410. The van der Waals surface area contributed by atoms with E-state index in [1.807, 2.05) is 30.3 Å². The van der Waals surface area contributed by atoms with E-state index in [1.165, 1.54) is 19.3 Å². The molecule has 3 nitrogen and oxygen atoms in total. The maximum absolute atomic E-state index is 12.2. The largest absolute Gasteiger partial charge is 0.354 e. The third-order valence-electron chi connectivity index (χ3n) is 4.52. The van der Waals surface area contributed by atoms with Crippen LogP contribution in [0, 0.1) is 11.8 Å². The summed E-state index contributed by atoms with van der Waals surface area (Å²) < 4.78 is 0. The van der Waals surface area contributed by atoms with Gasteiger partial charge in [-0.1, -0.05) is 43.7 Å². The number of nitrogens with one attached hydrogen (secondary N) is 1. The monoisotopic (exact) mass is 274 g/mol. The lowest BCUT2D eigenvalue weighted by atomic mass is 9.80. The average molecular weight is 274 g/mol. The van der Waals surface area contributed by atoms with E-state index in [4.69, 9.17) is 5.73 Å². The molecule has 1 aliphatic rings. The predicted octanol–water partition coefficient (Wildman–Crippen LogP) is 3.02. The fourth-order valence-electron chi connectivity index (χ4n) is 3.01. The molecule has 1 fully saturated rings. The molecule has 0 aromatic heterocycles. The van der Waals surface area contributed by atoms with E-state index in [0.29, 0.717) is 6.54 Å². The summed E-state index contributed by atoms with van der Waals surface area (Å²) in [5.74, 6) is 1.21. The van der Waals surface area contributed by atoms with Crippen molar-refractivity contribution >= 4 is 5.91 Å². The van der Waals surface area contributed by atoms with E-state index < -0.39 is 0 Å². The van der Waals surface area contributed by atoms with Gasteiger partial charge < -0.3 is 11.1 Å². The van der Waals surface area contributed by atoms with Crippen LogP contribution < -0.4 is 11.1 Å². The van der Waals surface area contributed by atoms with E-state index >= 15 is 0 Å². The minimum absolute atomic E-state index is 0.118. The molecule has 1 atom stereocenters. The smallest absolute Gasteiger partial charge is 0.223 e. The summed E-state index contributed by atoms with van der Waals surface area (Å²) in [6, 6.07) is 9.81. The van der Waals surface area contributed by atoms with Crippen molar-refractivity contribution < 1.29 is 4.79 Å². The SMILES string of the molecule is CCC1CCC(C(=O)NCC(N)c2ccccc2)CC1. The number of nitrogens with two attached hydrogens (primary N) is 1. The first-order valence-corrected chi connectivity index (χ1v) is 7.79. The Hall–Kier alpha value is -1.35. The quantitative estimate of drug-likeness (QED) is 0.867. The van der Waals surface area contributed by atoms with Gasteiger partial charge in [0.05, 0.1) is 0 Å². The third-order valence-corrected chi connectivity index (χ3v) is 4.52. The molecule has 0 aliphatic heterocycles. The summed E-state index contributed by atoms with van der Waals surface area (Å²) in [6.07, 6.45) is 5.70. The fraction of sp³-hybridized carbons (Fsp3) is 0.588. The Kier molecular flexibility index (Phi) is 5.60. The number of benzene rings is 1. The van der Waals surface area contributed by atoms with Gasteiger partial charge in [0.1, 0.15) is 0 Å². The van der Waals surface area contributed by atoms with Gasteiger partial charge in [-0.15, -0.1) is 0 Å². The highest BCUT2D eigenvalue weighted by Gasteiger charge is 2.25. The molecule has 0 saturated heterocycles. The summed E-state index contributed by atoms with van der Waals surface area (Å²) >= 11 is 0.